The van der Waals surface area contributed by atoms with Crippen LogP contribution in [0.15, 0.2) is 4.99 Å². The van der Waals surface area contributed by atoms with Crippen LogP contribution in [0.5, 0.6) is 0 Å². The van der Waals surface area contributed by atoms with Crippen LogP contribution in [0.4, 0.5) is 9.93 Å². The van der Waals surface area contributed by atoms with Gasteiger partial charge in [0, 0.05) is 25.3 Å². The Kier molecular flexibility index (Phi) is 5.47. The number of aromatic nitrogens is 2. The Morgan fingerprint density at radius 3 is 2.95 bits per heavy atom. The van der Waals surface area contributed by atoms with Gasteiger partial charge in [-0.05, 0) is 6.42 Å². The van der Waals surface area contributed by atoms with Crippen LogP contribution in [0, 0.1) is 0 Å². The molecule has 20 heavy (non-hydrogen) atoms. The normalized spacial score (nSPS) is 17.6. The number of anilines is 1. The van der Waals surface area contributed by atoms with Gasteiger partial charge in [0.05, 0.1) is 6.54 Å². The number of amides is 2. The van der Waals surface area contributed by atoms with E-state index in [0.29, 0.717) is 11.7 Å². The number of aliphatic imine (C=N–C) groups is 1. The molecule has 2 amide bonds. The van der Waals surface area contributed by atoms with Crippen molar-refractivity contribution in [2.45, 2.75) is 26.2 Å². The maximum absolute atomic E-state index is 12.2. The zero-order valence-corrected chi connectivity index (χ0v) is 14.1. The highest BCUT2D eigenvalue weighted by Gasteiger charge is 2.35. The summed E-state index contributed by atoms with van der Waals surface area (Å²) in [6.07, 6.45) is 2.94. The number of hydrogen-bond donors (Lipinski definition) is 0. The third kappa shape index (κ3) is 3.35. The smallest absolute Gasteiger partial charge is 0.320 e. The van der Waals surface area contributed by atoms with Crippen molar-refractivity contribution in [1.29, 1.82) is 0 Å². The van der Waals surface area contributed by atoms with E-state index in [1.807, 2.05) is 0 Å². The summed E-state index contributed by atoms with van der Waals surface area (Å²) in [6, 6.07) is -0.0817. The summed E-state index contributed by atoms with van der Waals surface area (Å²) < 4.78 is 0. The predicted octanol–water partition coefficient (Wildman–Crippen LogP) is 2.55. The number of hydrogen-bond acceptors (Lipinski definition) is 5. The van der Waals surface area contributed by atoms with Crippen molar-refractivity contribution in [3.63, 3.8) is 0 Å². The van der Waals surface area contributed by atoms with Crippen LogP contribution < -0.4 is 4.90 Å². The molecule has 1 aromatic rings. The molecule has 0 spiro atoms. The third-order valence-electron chi connectivity index (χ3n) is 2.92. The number of urea groups is 1. The summed E-state index contributed by atoms with van der Waals surface area (Å²) in [5, 5.41) is 10.6. The molecule has 0 bridgehead atoms. The van der Waals surface area contributed by atoms with E-state index in [4.69, 9.17) is 0 Å². The molecule has 8 heteroatoms. The first-order valence-electron chi connectivity index (χ1n) is 6.64. The van der Waals surface area contributed by atoms with Gasteiger partial charge in [0.1, 0.15) is 10.8 Å². The summed E-state index contributed by atoms with van der Waals surface area (Å²) >= 11 is 4.83. The first kappa shape index (κ1) is 15.4. The zero-order valence-electron chi connectivity index (χ0n) is 11.7. The average molecular weight is 360 g/mol. The number of carbonyl (C=O) groups is 1. The highest BCUT2D eigenvalue weighted by Crippen LogP contribution is 2.25. The van der Waals surface area contributed by atoms with Crippen LogP contribution in [0.1, 0.15) is 24.8 Å². The van der Waals surface area contributed by atoms with E-state index in [9.17, 15) is 4.79 Å². The van der Waals surface area contributed by atoms with Gasteiger partial charge in [0.25, 0.3) is 0 Å². The molecule has 0 N–H and O–H groups in total. The Morgan fingerprint density at radius 2 is 2.25 bits per heavy atom. The Morgan fingerprint density at radius 1 is 1.45 bits per heavy atom. The van der Waals surface area contributed by atoms with Gasteiger partial charge in [-0.25, -0.2) is 9.69 Å². The molecule has 1 aliphatic rings. The summed E-state index contributed by atoms with van der Waals surface area (Å²) in [5.41, 5.74) is 0. The molecular formula is C12H18BrN5OS. The second-order valence-corrected chi connectivity index (χ2v) is 6.38. The van der Waals surface area contributed by atoms with Gasteiger partial charge in [0.15, 0.2) is 0 Å². The zero-order chi connectivity index (χ0) is 14.5. The quantitative estimate of drug-likeness (QED) is 0.579. The fourth-order valence-corrected chi connectivity index (χ4v) is 3.32. The van der Waals surface area contributed by atoms with E-state index in [1.165, 1.54) is 11.3 Å². The highest BCUT2D eigenvalue weighted by atomic mass is 79.9. The number of amidine groups is 1. The van der Waals surface area contributed by atoms with Crippen molar-refractivity contribution in [3.8, 4) is 0 Å². The van der Waals surface area contributed by atoms with Crippen molar-refractivity contribution in [3.05, 3.63) is 5.01 Å². The standard InChI is InChI=1S/C12H18BrN5OS/c1-3-4-7-14-9-8-17(2)12(19)18(9)11-16-15-10(20-11)5-6-13/h3-8H2,1-2H3. The molecule has 0 aliphatic carbocycles. The van der Waals surface area contributed by atoms with Crippen LogP contribution in [-0.4, -0.2) is 52.4 Å². The van der Waals surface area contributed by atoms with Crippen molar-refractivity contribution in [2.75, 3.05) is 30.4 Å². The maximum Gasteiger partial charge on any atom is 0.332 e. The number of nitrogens with zero attached hydrogens (tertiary/aromatic N) is 5. The molecule has 1 saturated heterocycles. The monoisotopic (exact) mass is 359 g/mol. The van der Waals surface area contributed by atoms with Crippen LogP contribution in [0.25, 0.3) is 0 Å². The van der Waals surface area contributed by atoms with Gasteiger partial charge in [0.2, 0.25) is 5.13 Å². The lowest BCUT2D eigenvalue weighted by atomic mass is 10.3. The number of unbranched alkanes of at least 4 members (excludes halogenated alkanes) is 1. The Hall–Kier alpha value is -1.02. The molecule has 2 rings (SSSR count). The molecule has 1 aromatic heterocycles. The molecule has 6 nitrogen and oxygen atoms in total. The summed E-state index contributed by atoms with van der Waals surface area (Å²) in [4.78, 5) is 20.0. The number of alkyl halides is 1. The largest absolute Gasteiger partial charge is 0.332 e. The molecule has 0 saturated carbocycles. The summed E-state index contributed by atoms with van der Waals surface area (Å²) in [5.74, 6) is 0.771. The minimum atomic E-state index is -0.0817. The first-order chi connectivity index (χ1) is 9.67. The van der Waals surface area contributed by atoms with E-state index in [2.05, 4.69) is 38.0 Å². The van der Waals surface area contributed by atoms with Gasteiger partial charge in [-0.2, -0.15) is 0 Å². The third-order valence-corrected chi connectivity index (χ3v) is 4.28. The van der Waals surface area contributed by atoms with Gasteiger partial charge >= 0.3 is 6.03 Å². The fraction of sp³-hybridized carbons (Fsp3) is 0.667. The summed E-state index contributed by atoms with van der Waals surface area (Å²) in [6.45, 7) is 3.41. The minimum Gasteiger partial charge on any atom is -0.320 e. The van der Waals surface area contributed by atoms with Crippen molar-refractivity contribution >= 4 is 44.3 Å². The van der Waals surface area contributed by atoms with Crippen LogP contribution in [-0.2, 0) is 6.42 Å². The van der Waals surface area contributed by atoms with Gasteiger partial charge in [-0.3, -0.25) is 4.99 Å². The second kappa shape index (κ2) is 7.12. The predicted molar refractivity (Wildman–Crippen MR) is 85.1 cm³/mol. The van der Waals surface area contributed by atoms with Crippen LogP contribution >= 0.6 is 27.3 Å². The number of halogens is 1. The van der Waals surface area contributed by atoms with E-state index in [-0.39, 0.29) is 6.03 Å². The van der Waals surface area contributed by atoms with Crippen LogP contribution in [0.3, 0.4) is 0 Å². The number of rotatable bonds is 6. The summed E-state index contributed by atoms with van der Waals surface area (Å²) in [7, 11) is 1.78. The van der Waals surface area contributed by atoms with E-state index in [0.717, 1.165) is 42.0 Å². The molecule has 1 fully saturated rings. The first-order valence-corrected chi connectivity index (χ1v) is 8.58. The molecule has 2 heterocycles. The molecule has 0 aromatic carbocycles. The lowest BCUT2D eigenvalue weighted by molar-refractivity contribution is 0.229. The lowest BCUT2D eigenvalue weighted by Gasteiger charge is -2.11. The van der Waals surface area contributed by atoms with Crippen LogP contribution in [0.2, 0.25) is 0 Å². The van der Waals surface area contributed by atoms with E-state index in [1.54, 1.807) is 16.8 Å². The lowest BCUT2D eigenvalue weighted by Crippen LogP contribution is -2.31. The minimum absolute atomic E-state index is 0.0817. The van der Waals surface area contributed by atoms with E-state index >= 15 is 0 Å². The Balaban J connectivity index is 2.19. The van der Waals surface area contributed by atoms with E-state index < -0.39 is 0 Å². The Labute approximate surface area is 131 Å². The topological polar surface area (TPSA) is 61.7 Å². The van der Waals surface area contributed by atoms with Gasteiger partial charge in [-0.1, -0.05) is 40.6 Å². The van der Waals surface area contributed by atoms with Gasteiger partial charge in [-0.15, -0.1) is 10.2 Å². The molecular weight excluding hydrogens is 342 g/mol. The fourth-order valence-electron chi connectivity index (χ4n) is 1.83. The second-order valence-electron chi connectivity index (χ2n) is 4.54. The molecule has 1 aliphatic heterocycles. The highest BCUT2D eigenvalue weighted by molar-refractivity contribution is 9.09. The van der Waals surface area contributed by atoms with Crippen molar-refractivity contribution in [1.82, 2.24) is 15.1 Å². The van der Waals surface area contributed by atoms with Crippen molar-refractivity contribution in [2.24, 2.45) is 4.99 Å². The van der Waals surface area contributed by atoms with Gasteiger partial charge < -0.3 is 4.90 Å². The van der Waals surface area contributed by atoms with Crippen molar-refractivity contribution < 1.29 is 4.79 Å². The molecule has 0 atom stereocenters. The maximum atomic E-state index is 12.2. The average Bonchev–Trinajstić information content (AvgIpc) is 2.97. The number of carbonyl (C=O) groups excluding carboxylic acids is 1. The Bertz CT molecular complexity index is 504. The molecule has 0 unspecified atom stereocenters. The SMILES string of the molecule is CCCCN=C1CN(C)C(=O)N1c1nnc(CCBr)s1. The number of aryl methyl sites for hydroxylation is 1. The number of likely N-dealkylation sites (N-methyl/N-ethyl adjacent to an activating group) is 1. The molecule has 110 valence electrons. The molecule has 0 radical (unpaired) electrons.